The van der Waals surface area contributed by atoms with E-state index in [0.717, 1.165) is 0 Å². The SMILES string of the molecule is COCC(C)(COC)C(Cl)C(C)(C)C. The third-order valence-corrected chi connectivity index (χ3v) is 3.50. The lowest BCUT2D eigenvalue weighted by Gasteiger charge is -2.40. The van der Waals surface area contributed by atoms with E-state index in [1.165, 1.54) is 0 Å². The maximum atomic E-state index is 6.46. The Morgan fingerprint density at radius 2 is 1.36 bits per heavy atom. The third-order valence-electron chi connectivity index (χ3n) is 2.32. The monoisotopic (exact) mass is 222 g/mol. The zero-order valence-corrected chi connectivity index (χ0v) is 10.9. The number of hydrogen-bond acceptors (Lipinski definition) is 2. The van der Waals surface area contributed by atoms with Gasteiger partial charge in [-0.05, 0) is 5.41 Å². The lowest BCUT2D eigenvalue weighted by Crippen LogP contribution is -2.44. The molecule has 0 aliphatic heterocycles. The number of methoxy groups -OCH3 is 2. The van der Waals surface area contributed by atoms with Crippen LogP contribution in [0.5, 0.6) is 0 Å². The van der Waals surface area contributed by atoms with Gasteiger partial charge in [-0.1, -0.05) is 27.7 Å². The number of alkyl halides is 1. The first-order valence-electron chi connectivity index (χ1n) is 4.90. The van der Waals surface area contributed by atoms with Crippen LogP contribution >= 0.6 is 11.6 Å². The zero-order chi connectivity index (χ0) is 11.4. The highest BCUT2D eigenvalue weighted by atomic mass is 35.5. The van der Waals surface area contributed by atoms with Crippen LogP contribution in [0.2, 0.25) is 0 Å². The first kappa shape index (κ1) is 14.2. The molecule has 1 atom stereocenters. The van der Waals surface area contributed by atoms with Crippen LogP contribution < -0.4 is 0 Å². The Morgan fingerprint density at radius 3 is 1.57 bits per heavy atom. The molecule has 0 radical (unpaired) electrons. The molecule has 0 aliphatic rings. The van der Waals surface area contributed by atoms with Gasteiger partial charge in [0.2, 0.25) is 0 Å². The molecule has 0 bridgehead atoms. The summed E-state index contributed by atoms with van der Waals surface area (Å²) in [4.78, 5) is 0. The minimum absolute atomic E-state index is 0.0231. The van der Waals surface area contributed by atoms with Gasteiger partial charge in [0, 0.05) is 25.0 Å². The van der Waals surface area contributed by atoms with Crippen molar-refractivity contribution in [3.05, 3.63) is 0 Å². The van der Waals surface area contributed by atoms with Gasteiger partial charge in [-0.2, -0.15) is 0 Å². The van der Waals surface area contributed by atoms with Gasteiger partial charge in [0.1, 0.15) is 0 Å². The van der Waals surface area contributed by atoms with Gasteiger partial charge in [-0.15, -0.1) is 11.6 Å². The Kier molecular flexibility index (Phi) is 5.42. The second-order valence-corrected chi connectivity index (χ2v) is 5.69. The van der Waals surface area contributed by atoms with Crippen molar-refractivity contribution in [1.82, 2.24) is 0 Å². The van der Waals surface area contributed by atoms with Crippen molar-refractivity contribution in [1.29, 1.82) is 0 Å². The lowest BCUT2D eigenvalue weighted by atomic mass is 9.75. The molecule has 86 valence electrons. The highest BCUT2D eigenvalue weighted by Crippen LogP contribution is 2.38. The summed E-state index contributed by atoms with van der Waals surface area (Å²) in [5, 5.41) is 0.0231. The fourth-order valence-electron chi connectivity index (χ4n) is 1.89. The topological polar surface area (TPSA) is 18.5 Å². The van der Waals surface area contributed by atoms with Crippen molar-refractivity contribution in [2.24, 2.45) is 10.8 Å². The highest BCUT2D eigenvalue weighted by molar-refractivity contribution is 6.21. The normalized spacial score (nSPS) is 15.6. The average molecular weight is 223 g/mol. The van der Waals surface area contributed by atoms with E-state index in [1.54, 1.807) is 14.2 Å². The summed E-state index contributed by atoms with van der Waals surface area (Å²) in [5.41, 5.74) is -0.0866. The highest BCUT2D eigenvalue weighted by Gasteiger charge is 2.40. The molecular formula is C11H23ClO2. The van der Waals surface area contributed by atoms with Crippen molar-refractivity contribution in [2.45, 2.75) is 33.1 Å². The van der Waals surface area contributed by atoms with Crippen molar-refractivity contribution < 1.29 is 9.47 Å². The van der Waals surface area contributed by atoms with Crippen LogP contribution in [0.25, 0.3) is 0 Å². The Labute approximate surface area is 92.9 Å². The minimum Gasteiger partial charge on any atom is -0.384 e. The van der Waals surface area contributed by atoms with Crippen LogP contribution in [0.3, 0.4) is 0 Å². The molecule has 2 nitrogen and oxygen atoms in total. The van der Waals surface area contributed by atoms with Crippen LogP contribution in [0.1, 0.15) is 27.7 Å². The smallest absolute Gasteiger partial charge is 0.0552 e. The Morgan fingerprint density at radius 1 is 1.00 bits per heavy atom. The fourth-order valence-corrected chi connectivity index (χ4v) is 2.02. The quantitative estimate of drug-likeness (QED) is 0.666. The largest absolute Gasteiger partial charge is 0.384 e. The van der Waals surface area contributed by atoms with Gasteiger partial charge >= 0.3 is 0 Å². The van der Waals surface area contributed by atoms with Crippen LogP contribution in [0.4, 0.5) is 0 Å². The summed E-state index contributed by atoms with van der Waals surface area (Å²) in [7, 11) is 3.39. The second kappa shape index (κ2) is 5.34. The van der Waals surface area contributed by atoms with Gasteiger partial charge < -0.3 is 9.47 Å². The molecule has 0 saturated carbocycles. The van der Waals surface area contributed by atoms with E-state index in [1.807, 2.05) is 0 Å². The van der Waals surface area contributed by atoms with Crippen LogP contribution in [0.15, 0.2) is 0 Å². The third kappa shape index (κ3) is 3.76. The molecule has 1 unspecified atom stereocenters. The van der Waals surface area contributed by atoms with Crippen molar-refractivity contribution in [3.8, 4) is 0 Å². The summed E-state index contributed by atoms with van der Waals surface area (Å²) in [6.07, 6.45) is 0. The lowest BCUT2D eigenvalue weighted by molar-refractivity contribution is 0.000928. The molecular weight excluding hydrogens is 200 g/mol. The summed E-state index contributed by atoms with van der Waals surface area (Å²) < 4.78 is 10.4. The van der Waals surface area contributed by atoms with Crippen molar-refractivity contribution in [2.75, 3.05) is 27.4 Å². The number of hydrogen-bond donors (Lipinski definition) is 0. The predicted molar refractivity (Wildman–Crippen MR) is 61.0 cm³/mol. The Bertz CT molecular complexity index is 157. The maximum Gasteiger partial charge on any atom is 0.0552 e. The number of ether oxygens (including phenoxy) is 2. The molecule has 0 aliphatic carbocycles. The molecule has 0 aromatic rings. The van der Waals surface area contributed by atoms with Crippen LogP contribution in [-0.4, -0.2) is 32.8 Å². The van der Waals surface area contributed by atoms with E-state index in [0.29, 0.717) is 13.2 Å². The van der Waals surface area contributed by atoms with Gasteiger partial charge in [-0.25, -0.2) is 0 Å². The predicted octanol–water partition coefficient (Wildman–Crippen LogP) is 2.94. The van der Waals surface area contributed by atoms with E-state index in [-0.39, 0.29) is 16.2 Å². The molecule has 0 aromatic carbocycles. The molecule has 0 fully saturated rings. The van der Waals surface area contributed by atoms with E-state index in [4.69, 9.17) is 21.1 Å². The molecule has 14 heavy (non-hydrogen) atoms. The molecule has 0 aromatic heterocycles. The average Bonchev–Trinajstić information content (AvgIpc) is 2.02. The fraction of sp³-hybridized carbons (Fsp3) is 1.00. The molecule has 0 heterocycles. The van der Waals surface area contributed by atoms with Gasteiger partial charge in [-0.3, -0.25) is 0 Å². The van der Waals surface area contributed by atoms with E-state index in [9.17, 15) is 0 Å². The summed E-state index contributed by atoms with van der Waals surface area (Å²) in [6, 6.07) is 0. The molecule has 0 saturated heterocycles. The van der Waals surface area contributed by atoms with Gasteiger partial charge in [0.15, 0.2) is 0 Å². The summed E-state index contributed by atoms with van der Waals surface area (Å²) in [5.74, 6) is 0. The number of halogens is 1. The van der Waals surface area contributed by atoms with Crippen molar-refractivity contribution in [3.63, 3.8) is 0 Å². The van der Waals surface area contributed by atoms with Gasteiger partial charge in [0.25, 0.3) is 0 Å². The summed E-state index contributed by atoms with van der Waals surface area (Å²) in [6.45, 7) is 9.73. The minimum atomic E-state index is -0.136. The van der Waals surface area contributed by atoms with Crippen LogP contribution in [-0.2, 0) is 9.47 Å². The van der Waals surface area contributed by atoms with E-state index in [2.05, 4.69) is 27.7 Å². The molecule has 0 spiro atoms. The zero-order valence-electron chi connectivity index (χ0n) is 10.2. The maximum absolute atomic E-state index is 6.46. The van der Waals surface area contributed by atoms with Crippen molar-refractivity contribution >= 4 is 11.6 Å². The van der Waals surface area contributed by atoms with Crippen LogP contribution in [0, 0.1) is 10.8 Å². The second-order valence-electron chi connectivity index (χ2n) is 5.25. The molecule has 0 rings (SSSR count). The molecule has 3 heteroatoms. The van der Waals surface area contributed by atoms with Gasteiger partial charge in [0.05, 0.1) is 13.2 Å². The first-order valence-corrected chi connectivity index (χ1v) is 5.33. The Balaban J connectivity index is 4.63. The molecule has 0 N–H and O–H groups in total. The van der Waals surface area contributed by atoms with E-state index < -0.39 is 0 Å². The first-order chi connectivity index (χ1) is 6.28. The standard InChI is InChI=1S/C11H23ClO2/c1-10(2,3)9(12)11(4,7-13-5)8-14-6/h9H,7-8H2,1-6H3. The number of rotatable bonds is 5. The molecule has 0 amide bonds. The Hall–Kier alpha value is 0.210. The van der Waals surface area contributed by atoms with E-state index >= 15 is 0 Å². The summed E-state index contributed by atoms with van der Waals surface area (Å²) >= 11 is 6.46.